The number of hydrogen-bond donors (Lipinski definition) is 0. The van der Waals surface area contributed by atoms with Crippen LogP contribution in [0.2, 0.25) is 0 Å². The van der Waals surface area contributed by atoms with Crippen LogP contribution in [0.15, 0.2) is 12.1 Å². The van der Waals surface area contributed by atoms with Gasteiger partial charge in [0.05, 0.1) is 12.0 Å². The standard InChI is InChI=1S/C22H29F3O2/c1-2-21(9-5-3-6-10-21)15-27-20(26)22(11-7-4-8-12-22)16-13-17(23)19(25)18(24)14-16/h13-14H,2-12,15H2,1H3. The summed E-state index contributed by atoms with van der Waals surface area (Å²) < 4.78 is 46.9. The van der Waals surface area contributed by atoms with E-state index in [1.165, 1.54) is 6.42 Å². The Labute approximate surface area is 159 Å². The molecule has 2 aliphatic carbocycles. The summed E-state index contributed by atoms with van der Waals surface area (Å²) in [7, 11) is 0. The molecule has 0 atom stereocenters. The minimum Gasteiger partial charge on any atom is -0.464 e. The second-order valence-corrected chi connectivity index (χ2v) is 8.39. The van der Waals surface area contributed by atoms with E-state index in [0.717, 1.165) is 63.5 Å². The summed E-state index contributed by atoms with van der Waals surface area (Å²) in [5.74, 6) is -4.41. The molecule has 0 spiro atoms. The van der Waals surface area contributed by atoms with E-state index in [1.54, 1.807) is 0 Å². The zero-order valence-corrected chi connectivity index (χ0v) is 16.1. The molecule has 0 saturated heterocycles. The summed E-state index contributed by atoms with van der Waals surface area (Å²) in [6.07, 6.45) is 10.1. The van der Waals surface area contributed by atoms with E-state index >= 15 is 0 Å². The van der Waals surface area contributed by atoms with Crippen LogP contribution < -0.4 is 0 Å². The number of halogens is 3. The number of benzene rings is 1. The lowest BCUT2D eigenvalue weighted by molar-refractivity contribution is -0.157. The highest BCUT2D eigenvalue weighted by Crippen LogP contribution is 2.43. The summed E-state index contributed by atoms with van der Waals surface area (Å²) in [5.41, 5.74) is -0.849. The van der Waals surface area contributed by atoms with Crippen LogP contribution in [-0.4, -0.2) is 12.6 Å². The average Bonchev–Trinajstić information content (AvgIpc) is 2.71. The van der Waals surface area contributed by atoms with Crippen LogP contribution in [0.4, 0.5) is 13.2 Å². The Morgan fingerprint density at radius 1 is 0.926 bits per heavy atom. The maximum absolute atomic E-state index is 13.9. The average molecular weight is 382 g/mol. The topological polar surface area (TPSA) is 26.3 Å². The van der Waals surface area contributed by atoms with Crippen LogP contribution in [0, 0.1) is 22.9 Å². The third kappa shape index (κ3) is 4.02. The Morgan fingerprint density at radius 2 is 1.44 bits per heavy atom. The van der Waals surface area contributed by atoms with E-state index in [9.17, 15) is 18.0 Å². The van der Waals surface area contributed by atoms with Crippen molar-refractivity contribution < 1.29 is 22.7 Å². The number of rotatable bonds is 5. The highest BCUT2D eigenvalue weighted by Gasteiger charge is 2.44. The maximum atomic E-state index is 13.9. The first-order chi connectivity index (χ1) is 12.9. The first-order valence-corrected chi connectivity index (χ1v) is 10.2. The summed E-state index contributed by atoms with van der Waals surface area (Å²) in [5, 5.41) is 0. The summed E-state index contributed by atoms with van der Waals surface area (Å²) >= 11 is 0. The molecule has 1 aromatic carbocycles. The number of carbonyl (C=O) groups excluding carboxylic acids is 1. The van der Waals surface area contributed by atoms with Gasteiger partial charge < -0.3 is 4.74 Å². The highest BCUT2D eigenvalue weighted by atomic mass is 19.2. The predicted molar refractivity (Wildman–Crippen MR) is 97.8 cm³/mol. The van der Waals surface area contributed by atoms with Gasteiger partial charge in [0.2, 0.25) is 0 Å². The van der Waals surface area contributed by atoms with Gasteiger partial charge >= 0.3 is 5.97 Å². The molecular weight excluding hydrogens is 353 g/mol. The number of hydrogen-bond acceptors (Lipinski definition) is 2. The molecule has 2 fully saturated rings. The Balaban J connectivity index is 1.85. The Hall–Kier alpha value is -1.52. The van der Waals surface area contributed by atoms with Crippen molar-refractivity contribution in [2.24, 2.45) is 5.41 Å². The van der Waals surface area contributed by atoms with Crippen LogP contribution in [0.1, 0.15) is 83.1 Å². The summed E-state index contributed by atoms with van der Waals surface area (Å²) in [6.45, 7) is 2.48. The zero-order valence-electron chi connectivity index (χ0n) is 16.1. The molecule has 27 heavy (non-hydrogen) atoms. The molecule has 0 aliphatic heterocycles. The molecule has 150 valence electrons. The second-order valence-electron chi connectivity index (χ2n) is 8.39. The Kier molecular flexibility index (Phi) is 6.17. The molecule has 2 saturated carbocycles. The van der Waals surface area contributed by atoms with Crippen LogP contribution in [0.25, 0.3) is 0 Å². The molecule has 0 N–H and O–H groups in total. The van der Waals surface area contributed by atoms with Crippen molar-refractivity contribution >= 4 is 5.97 Å². The van der Waals surface area contributed by atoms with Crippen LogP contribution >= 0.6 is 0 Å². The lowest BCUT2D eigenvalue weighted by Gasteiger charge is -2.39. The zero-order chi connectivity index (χ0) is 19.5. The monoisotopic (exact) mass is 382 g/mol. The molecule has 0 radical (unpaired) electrons. The Bertz CT molecular complexity index is 651. The van der Waals surface area contributed by atoms with Gasteiger partial charge in [-0.3, -0.25) is 4.79 Å². The van der Waals surface area contributed by atoms with Crippen molar-refractivity contribution in [3.63, 3.8) is 0 Å². The third-order valence-corrected chi connectivity index (χ3v) is 6.81. The summed E-state index contributed by atoms with van der Waals surface area (Å²) in [6, 6.07) is 1.95. The molecular formula is C22H29F3O2. The highest BCUT2D eigenvalue weighted by molar-refractivity contribution is 5.83. The molecule has 3 rings (SSSR count). The number of esters is 1. The first-order valence-electron chi connectivity index (χ1n) is 10.2. The fraction of sp³-hybridized carbons (Fsp3) is 0.682. The number of ether oxygens (including phenoxy) is 1. The lowest BCUT2D eigenvalue weighted by atomic mass is 9.69. The molecule has 0 aromatic heterocycles. The van der Waals surface area contributed by atoms with Gasteiger partial charge in [0.15, 0.2) is 17.5 Å². The van der Waals surface area contributed by atoms with Gasteiger partial charge in [-0.15, -0.1) is 0 Å². The fourth-order valence-corrected chi connectivity index (χ4v) is 4.86. The minimum absolute atomic E-state index is 0.0169. The van der Waals surface area contributed by atoms with Gasteiger partial charge in [0.25, 0.3) is 0 Å². The van der Waals surface area contributed by atoms with Crippen molar-refractivity contribution in [3.05, 3.63) is 35.1 Å². The molecule has 1 aromatic rings. The van der Waals surface area contributed by atoms with E-state index in [1.807, 2.05) is 0 Å². The maximum Gasteiger partial charge on any atom is 0.316 e. The minimum atomic E-state index is -1.50. The van der Waals surface area contributed by atoms with Gasteiger partial charge in [0.1, 0.15) is 0 Å². The van der Waals surface area contributed by atoms with Gasteiger partial charge in [-0.1, -0.05) is 45.4 Å². The predicted octanol–water partition coefficient (Wildman–Crippen LogP) is 6.21. The van der Waals surface area contributed by atoms with Crippen LogP contribution in [-0.2, 0) is 14.9 Å². The van der Waals surface area contributed by atoms with E-state index in [2.05, 4.69) is 6.92 Å². The SMILES string of the molecule is CCC1(COC(=O)C2(c3cc(F)c(F)c(F)c3)CCCCC2)CCCCC1. The molecule has 5 heteroatoms. The molecule has 0 heterocycles. The largest absolute Gasteiger partial charge is 0.464 e. The van der Waals surface area contributed by atoms with E-state index in [4.69, 9.17) is 4.74 Å². The normalized spacial score (nSPS) is 21.6. The van der Waals surface area contributed by atoms with Crippen molar-refractivity contribution in [2.75, 3.05) is 6.61 Å². The van der Waals surface area contributed by atoms with Crippen molar-refractivity contribution in [2.45, 2.75) is 83.0 Å². The van der Waals surface area contributed by atoms with Gasteiger partial charge in [-0.2, -0.15) is 0 Å². The lowest BCUT2D eigenvalue weighted by Crippen LogP contribution is -2.42. The quantitative estimate of drug-likeness (QED) is 0.447. The third-order valence-electron chi connectivity index (χ3n) is 6.81. The van der Waals surface area contributed by atoms with Gasteiger partial charge in [-0.05, 0) is 49.8 Å². The number of carbonyl (C=O) groups is 1. The van der Waals surface area contributed by atoms with Gasteiger partial charge in [-0.25, -0.2) is 13.2 Å². The summed E-state index contributed by atoms with van der Waals surface area (Å²) in [4.78, 5) is 13.2. The van der Waals surface area contributed by atoms with Crippen LogP contribution in [0.5, 0.6) is 0 Å². The van der Waals surface area contributed by atoms with Crippen molar-refractivity contribution in [1.82, 2.24) is 0 Å². The van der Waals surface area contributed by atoms with Crippen molar-refractivity contribution in [1.29, 1.82) is 0 Å². The van der Waals surface area contributed by atoms with E-state index in [-0.39, 0.29) is 11.0 Å². The Morgan fingerprint density at radius 3 is 1.96 bits per heavy atom. The molecule has 0 amide bonds. The van der Waals surface area contributed by atoms with E-state index in [0.29, 0.717) is 19.4 Å². The molecule has 0 unspecified atom stereocenters. The smallest absolute Gasteiger partial charge is 0.316 e. The first kappa shape index (κ1) is 20.2. The van der Waals surface area contributed by atoms with Crippen LogP contribution in [0.3, 0.4) is 0 Å². The molecule has 0 bridgehead atoms. The molecule has 2 nitrogen and oxygen atoms in total. The molecule has 2 aliphatic rings. The van der Waals surface area contributed by atoms with Gasteiger partial charge in [0, 0.05) is 5.41 Å². The fourth-order valence-electron chi connectivity index (χ4n) is 4.86. The second kappa shape index (κ2) is 8.24. The van der Waals surface area contributed by atoms with Crippen molar-refractivity contribution in [3.8, 4) is 0 Å². The van der Waals surface area contributed by atoms with E-state index < -0.39 is 28.8 Å².